The molecule has 0 aliphatic heterocycles. The Morgan fingerprint density at radius 1 is 1.30 bits per heavy atom. The molecule has 0 bridgehead atoms. The van der Waals surface area contributed by atoms with Gasteiger partial charge in [-0.05, 0) is 28.1 Å². The molecule has 0 spiro atoms. The van der Waals surface area contributed by atoms with E-state index >= 15 is 0 Å². The van der Waals surface area contributed by atoms with Gasteiger partial charge in [-0.2, -0.15) is 0 Å². The maximum absolute atomic E-state index is 12.0. The lowest BCUT2D eigenvalue weighted by Crippen LogP contribution is -2.35. The van der Waals surface area contributed by atoms with Crippen LogP contribution in [0.3, 0.4) is 0 Å². The Kier molecular flexibility index (Phi) is 7.13. The van der Waals surface area contributed by atoms with E-state index in [4.69, 9.17) is 27.9 Å². The number of carbonyl (C=O) groups excluding carboxylic acids is 1. The van der Waals surface area contributed by atoms with E-state index in [1.807, 2.05) is 0 Å². The summed E-state index contributed by atoms with van der Waals surface area (Å²) in [4.78, 5) is 13.6. The minimum Gasteiger partial charge on any atom is -0.481 e. The van der Waals surface area contributed by atoms with Gasteiger partial charge in [-0.15, -0.1) is 13.2 Å². The van der Waals surface area contributed by atoms with Crippen LogP contribution < -0.4 is 4.74 Å². The molecule has 0 radical (unpaired) electrons. The number of rotatable bonds is 7. The molecule has 3 nitrogen and oxygen atoms in total. The SMILES string of the molecule is C=CCN(CC=C)C(=O)COc1c(Cl)cc(Cl)cc1Br. The molecule has 1 aromatic rings. The zero-order valence-electron chi connectivity index (χ0n) is 10.7. The highest BCUT2D eigenvalue weighted by atomic mass is 79.9. The first-order valence-corrected chi connectivity index (χ1v) is 7.31. The standard InChI is InChI=1S/C14H14BrCl2NO2/c1-3-5-18(6-4-2)13(19)9-20-14-11(15)7-10(16)8-12(14)17/h3-4,7-8H,1-2,5-6,9H2. The zero-order chi connectivity index (χ0) is 15.1. The van der Waals surface area contributed by atoms with E-state index in [9.17, 15) is 4.79 Å². The van der Waals surface area contributed by atoms with Crippen molar-refractivity contribution in [2.75, 3.05) is 19.7 Å². The lowest BCUT2D eigenvalue weighted by atomic mass is 10.3. The van der Waals surface area contributed by atoms with E-state index in [0.29, 0.717) is 33.4 Å². The van der Waals surface area contributed by atoms with Crippen molar-refractivity contribution in [1.82, 2.24) is 4.90 Å². The maximum Gasteiger partial charge on any atom is 0.261 e. The summed E-state index contributed by atoms with van der Waals surface area (Å²) in [6, 6.07) is 3.21. The van der Waals surface area contributed by atoms with E-state index < -0.39 is 0 Å². The highest BCUT2D eigenvalue weighted by molar-refractivity contribution is 9.10. The fraction of sp³-hybridized carbons (Fsp3) is 0.214. The van der Waals surface area contributed by atoms with Gasteiger partial charge in [0.25, 0.3) is 5.91 Å². The Labute approximate surface area is 136 Å². The topological polar surface area (TPSA) is 29.5 Å². The van der Waals surface area contributed by atoms with Crippen LogP contribution in [0.2, 0.25) is 10.0 Å². The van der Waals surface area contributed by atoms with E-state index in [1.54, 1.807) is 29.2 Å². The molecule has 0 saturated heterocycles. The second-order valence-corrected chi connectivity index (χ2v) is 5.56. The van der Waals surface area contributed by atoms with Crippen LogP contribution in [0, 0.1) is 0 Å². The van der Waals surface area contributed by atoms with Gasteiger partial charge in [0, 0.05) is 18.1 Å². The molecule has 0 aliphatic carbocycles. The van der Waals surface area contributed by atoms with E-state index in [-0.39, 0.29) is 12.5 Å². The number of amides is 1. The summed E-state index contributed by atoms with van der Waals surface area (Å²) < 4.78 is 6.06. The summed E-state index contributed by atoms with van der Waals surface area (Å²) >= 11 is 15.2. The monoisotopic (exact) mass is 377 g/mol. The summed E-state index contributed by atoms with van der Waals surface area (Å²) in [6.07, 6.45) is 3.29. The molecule has 0 heterocycles. The van der Waals surface area contributed by atoms with Gasteiger partial charge >= 0.3 is 0 Å². The molecule has 1 rings (SSSR count). The summed E-state index contributed by atoms with van der Waals surface area (Å²) in [5.41, 5.74) is 0. The number of halogens is 3. The van der Waals surface area contributed by atoms with Crippen molar-refractivity contribution in [3.8, 4) is 5.75 Å². The highest BCUT2D eigenvalue weighted by Crippen LogP contribution is 2.35. The first-order valence-electron chi connectivity index (χ1n) is 5.76. The Balaban J connectivity index is 2.73. The normalized spacial score (nSPS) is 9.95. The molecule has 0 unspecified atom stereocenters. The molecule has 6 heteroatoms. The molecule has 0 fully saturated rings. The largest absolute Gasteiger partial charge is 0.481 e. The molecule has 1 aromatic carbocycles. The number of benzene rings is 1. The molecule has 0 saturated carbocycles. The fourth-order valence-corrected chi connectivity index (χ4v) is 2.85. The zero-order valence-corrected chi connectivity index (χ0v) is 13.8. The summed E-state index contributed by atoms with van der Waals surface area (Å²) in [6.45, 7) is 7.96. The number of carbonyl (C=O) groups is 1. The van der Waals surface area contributed by atoms with Crippen molar-refractivity contribution in [2.24, 2.45) is 0 Å². The quantitative estimate of drug-likeness (QED) is 0.660. The molecular formula is C14H14BrCl2NO2. The van der Waals surface area contributed by atoms with Crippen LogP contribution in [0.25, 0.3) is 0 Å². The second kappa shape index (κ2) is 8.35. The average molecular weight is 379 g/mol. The third kappa shape index (κ3) is 4.85. The van der Waals surface area contributed by atoms with Crippen LogP contribution in [0.1, 0.15) is 0 Å². The van der Waals surface area contributed by atoms with Gasteiger partial charge in [-0.25, -0.2) is 0 Å². The molecule has 0 aromatic heterocycles. The van der Waals surface area contributed by atoms with Crippen LogP contribution in [0.15, 0.2) is 41.9 Å². The smallest absolute Gasteiger partial charge is 0.261 e. The Bertz CT molecular complexity index is 487. The van der Waals surface area contributed by atoms with Crippen molar-refractivity contribution < 1.29 is 9.53 Å². The third-order valence-corrected chi connectivity index (χ3v) is 3.44. The summed E-state index contributed by atoms with van der Waals surface area (Å²) in [5.74, 6) is 0.212. The number of nitrogens with zero attached hydrogens (tertiary/aromatic N) is 1. The molecular weight excluding hydrogens is 365 g/mol. The lowest BCUT2D eigenvalue weighted by Gasteiger charge is -2.20. The highest BCUT2D eigenvalue weighted by Gasteiger charge is 2.14. The lowest BCUT2D eigenvalue weighted by molar-refractivity contribution is -0.132. The minimum absolute atomic E-state index is 0.123. The molecule has 0 aliphatic rings. The summed E-state index contributed by atoms with van der Waals surface area (Å²) in [5, 5.41) is 0.830. The fourth-order valence-electron chi connectivity index (χ4n) is 1.48. The van der Waals surface area contributed by atoms with Gasteiger partial charge in [-0.3, -0.25) is 4.79 Å². The maximum atomic E-state index is 12.0. The van der Waals surface area contributed by atoms with Crippen LogP contribution in [0.5, 0.6) is 5.75 Å². The number of hydrogen-bond donors (Lipinski definition) is 0. The van der Waals surface area contributed by atoms with Crippen LogP contribution in [-0.4, -0.2) is 30.5 Å². The van der Waals surface area contributed by atoms with Gasteiger partial charge in [0.05, 0.1) is 9.50 Å². The van der Waals surface area contributed by atoms with Crippen LogP contribution in [-0.2, 0) is 4.79 Å². The second-order valence-electron chi connectivity index (χ2n) is 3.86. The van der Waals surface area contributed by atoms with Gasteiger partial charge in [0.1, 0.15) is 0 Å². The van der Waals surface area contributed by atoms with Crippen molar-refractivity contribution in [2.45, 2.75) is 0 Å². The van der Waals surface area contributed by atoms with Gasteiger partial charge in [0.15, 0.2) is 12.4 Å². The first kappa shape index (κ1) is 17.1. The number of ether oxygens (including phenoxy) is 1. The van der Waals surface area contributed by atoms with E-state index in [0.717, 1.165) is 0 Å². The third-order valence-electron chi connectivity index (χ3n) is 2.35. The Morgan fingerprint density at radius 2 is 1.90 bits per heavy atom. The predicted octanol–water partition coefficient (Wildman–Crippen LogP) is 4.34. The van der Waals surface area contributed by atoms with Crippen molar-refractivity contribution >= 4 is 45.0 Å². The van der Waals surface area contributed by atoms with Crippen molar-refractivity contribution in [3.05, 3.63) is 52.0 Å². The van der Waals surface area contributed by atoms with Crippen molar-refractivity contribution in [1.29, 1.82) is 0 Å². The van der Waals surface area contributed by atoms with Crippen LogP contribution >= 0.6 is 39.1 Å². The van der Waals surface area contributed by atoms with E-state index in [2.05, 4.69) is 29.1 Å². The predicted molar refractivity (Wildman–Crippen MR) is 86.6 cm³/mol. The Morgan fingerprint density at radius 3 is 2.40 bits per heavy atom. The van der Waals surface area contributed by atoms with Gasteiger partial charge < -0.3 is 9.64 Å². The van der Waals surface area contributed by atoms with Gasteiger partial charge in [-0.1, -0.05) is 35.4 Å². The Hall–Kier alpha value is -0.970. The average Bonchev–Trinajstić information content (AvgIpc) is 2.37. The molecule has 108 valence electrons. The van der Waals surface area contributed by atoms with Gasteiger partial charge in [0.2, 0.25) is 0 Å². The molecule has 1 amide bonds. The minimum atomic E-state index is -0.178. The van der Waals surface area contributed by atoms with E-state index in [1.165, 1.54) is 0 Å². The van der Waals surface area contributed by atoms with Crippen molar-refractivity contribution in [3.63, 3.8) is 0 Å². The molecule has 0 N–H and O–H groups in total. The molecule has 20 heavy (non-hydrogen) atoms. The molecule has 0 atom stereocenters. The van der Waals surface area contributed by atoms with Crippen LogP contribution in [0.4, 0.5) is 0 Å². The first-order chi connectivity index (χ1) is 9.49. The number of hydrogen-bond acceptors (Lipinski definition) is 2. The summed E-state index contributed by atoms with van der Waals surface area (Å²) in [7, 11) is 0.